The molecule has 1 fully saturated rings. The Labute approximate surface area is 156 Å². The Morgan fingerprint density at radius 1 is 1.31 bits per heavy atom. The van der Waals surface area contributed by atoms with Gasteiger partial charge < -0.3 is 21.1 Å². The normalized spacial score (nSPS) is 19.7. The summed E-state index contributed by atoms with van der Waals surface area (Å²) in [7, 11) is 1.36. The van der Waals surface area contributed by atoms with Crippen LogP contribution in [0, 0.1) is 0 Å². The lowest BCUT2D eigenvalue weighted by molar-refractivity contribution is -0.117. The number of nitrogens with one attached hydrogen (secondary N) is 2. The predicted octanol–water partition coefficient (Wildman–Crippen LogP) is 1.09. The second kappa shape index (κ2) is 8.05. The minimum absolute atomic E-state index is 0.0278. The molecule has 1 unspecified atom stereocenters. The number of aryl methyl sites for hydroxylation is 1. The van der Waals surface area contributed by atoms with Crippen LogP contribution in [0.3, 0.4) is 0 Å². The van der Waals surface area contributed by atoms with Crippen molar-refractivity contribution in [3.8, 4) is 0 Å². The average molecular weight is 380 g/mol. The third kappa shape index (κ3) is 4.16. The molecule has 4 N–H and O–H groups in total. The first-order valence-electron chi connectivity index (χ1n) is 8.79. The van der Waals surface area contributed by atoms with E-state index < -0.39 is 12.0 Å². The van der Waals surface area contributed by atoms with Crippen molar-refractivity contribution in [2.24, 2.45) is 5.73 Å². The molecule has 1 saturated heterocycles. The van der Waals surface area contributed by atoms with Crippen LogP contribution in [-0.2, 0) is 22.4 Å². The van der Waals surface area contributed by atoms with E-state index in [2.05, 4.69) is 10.6 Å². The van der Waals surface area contributed by atoms with Crippen molar-refractivity contribution < 1.29 is 19.1 Å². The number of amides is 3. The molecule has 0 radical (unpaired) electrons. The fourth-order valence-corrected chi connectivity index (χ4v) is 4.93. The zero-order valence-corrected chi connectivity index (χ0v) is 15.6. The Bertz CT molecular complexity index is 718. The van der Waals surface area contributed by atoms with E-state index in [1.165, 1.54) is 23.3 Å². The minimum Gasteiger partial charge on any atom is -0.465 e. The van der Waals surface area contributed by atoms with Gasteiger partial charge in [-0.3, -0.25) is 9.69 Å². The van der Waals surface area contributed by atoms with E-state index in [-0.39, 0.29) is 18.5 Å². The highest BCUT2D eigenvalue weighted by atomic mass is 32.1. The Balaban J connectivity index is 1.65. The minimum atomic E-state index is -0.548. The molecule has 1 aromatic heterocycles. The SMILES string of the molecule is COC(=O)c1c(NC(=O)CN2CCC(NC(N)=O)C2)sc2c1CCCC2. The summed E-state index contributed by atoms with van der Waals surface area (Å²) in [6.45, 7) is 1.50. The van der Waals surface area contributed by atoms with Crippen molar-refractivity contribution in [1.82, 2.24) is 10.2 Å². The zero-order valence-electron chi connectivity index (χ0n) is 14.8. The molecule has 0 spiro atoms. The van der Waals surface area contributed by atoms with E-state index in [4.69, 9.17) is 10.5 Å². The van der Waals surface area contributed by atoms with Gasteiger partial charge in [0, 0.05) is 24.0 Å². The van der Waals surface area contributed by atoms with Gasteiger partial charge in [-0.1, -0.05) is 0 Å². The van der Waals surface area contributed by atoms with E-state index >= 15 is 0 Å². The number of fused-ring (bicyclic) bond motifs is 1. The first-order chi connectivity index (χ1) is 12.5. The highest BCUT2D eigenvalue weighted by Gasteiger charge is 2.28. The first-order valence-corrected chi connectivity index (χ1v) is 9.60. The number of anilines is 1. The Morgan fingerprint density at radius 2 is 2.08 bits per heavy atom. The van der Waals surface area contributed by atoms with Crippen molar-refractivity contribution in [3.05, 3.63) is 16.0 Å². The Kier molecular flexibility index (Phi) is 5.77. The number of ether oxygens (including phenoxy) is 1. The molecule has 3 rings (SSSR count). The predicted molar refractivity (Wildman–Crippen MR) is 98.5 cm³/mol. The van der Waals surface area contributed by atoms with Crippen LogP contribution in [0.25, 0.3) is 0 Å². The number of nitrogens with zero attached hydrogens (tertiary/aromatic N) is 1. The second-order valence-electron chi connectivity index (χ2n) is 6.68. The molecule has 0 saturated carbocycles. The number of urea groups is 1. The summed E-state index contributed by atoms with van der Waals surface area (Å²) in [5, 5.41) is 6.14. The lowest BCUT2D eigenvalue weighted by atomic mass is 9.95. The van der Waals surface area contributed by atoms with E-state index in [0.29, 0.717) is 23.7 Å². The maximum Gasteiger partial charge on any atom is 0.341 e. The van der Waals surface area contributed by atoms with Gasteiger partial charge in [-0.05, 0) is 37.7 Å². The van der Waals surface area contributed by atoms with Gasteiger partial charge in [0.15, 0.2) is 0 Å². The molecule has 1 aliphatic carbocycles. The summed E-state index contributed by atoms with van der Waals surface area (Å²) in [5.41, 5.74) is 6.67. The topological polar surface area (TPSA) is 114 Å². The quantitative estimate of drug-likeness (QED) is 0.662. The van der Waals surface area contributed by atoms with Gasteiger partial charge in [-0.25, -0.2) is 9.59 Å². The number of carbonyl (C=O) groups is 3. The fraction of sp³-hybridized carbons (Fsp3) is 0.588. The number of thiophene rings is 1. The van der Waals surface area contributed by atoms with Crippen molar-refractivity contribution in [2.75, 3.05) is 32.1 Å². The Hall–Kier alpha value is -2.13. The van der Waals surface area contributed by atoms with E-state index in [9.17, 15) is 14.4 Å². The summed E-state index contributed by atoms with van der Waals surface area (Å²) in [4.78, 5) is 38.7. The molecule has 9 heteroatoms. The number of carbonyl (C=O) groups excluding carboxylic acids is 3. The summed E-state index contributed by atoms with van der Waals surface area (Å²) >= 11 is 1.48. The number of methoxy groups -OCH3 is 1. The standard InChI is InChI=1S/C17H24N4O4S/c1-25-16(23)14-11-4-2-3-5-12(11)26-15(14)20-13(22)9-21-7-6-10(8-21)19-17(18)24/h10H,2-9H2,1H3,(H,20,22)(H3,18,19,24). The number of esters is 1. The summed E-state index contributed by atoms with van der Waals surface area (Å²) in [6, 6.07) is -0.576. The van der Waals surface area contributed by atoms with Crippen LogP contribution in [0.1, 0.15) is 40.1 Å². The lowest BCUT2D eigenvalue weighted by Gasteiger charge is -2.16. The monoisotopic (exact) mass is 380 g/mol. The number of nitrogens with two attached hydrogens (primary N) is 1. The molecule has 1 aromatic rings. The van der Waals surface area contributed by atoms with Crippen LogP contribution in [-0.4, -0.2) is 55.6 Å². The van der Waals surface area contributed by atoms with Crippen molar-refractivity contribution in [3.63, 3.8) is 0 Å². The number of hydrogen-bond acceptors (Lipinski definition) is 6. The third-order valence-corrected chi connectivity index (χ3v) is 6.01. The molecule has 2 aliphatic rings. The van der Waals surface area contributed by atoms with Gasteiger partial charge >= 0.3 is 12.0 Å². The van der Waals surface area contributed by atoms with E-state index in [1.54, 1.807) is 0 Å². The van der Waals surface area contributed by atoms with Crippen LogP contribution < -0.4 is 16.4 Å². The van der Waals surface area contributed by atoms with Crippen molar-refractivity contribution >= 4 is 34.2 Å². The number of rotatable bonds is 5. The molecule has 2 heterocycles. The molecule has 1 aliphatic heterocycles. The van der Waals surface area contributed by atoms with Gasteiger partial charge in [0.25, 0.3) is 0 Å². The molecule has 142 valence electrons. The summed E-state index contributed by atoms with van der Waals surface area (Å²) < 4.78 is 4.92. The smallest absolute Gasteiger partial charge is 0.341 e. The van der Waals surface area contributed by atoms with Gasteiger partial charge in [0.1, 0.15) is 5.00 Å². The molecule has 3 amide bonds. The molecule has 0 aromatic carbocycles. The molecule has 26 heavy (non-hydrogen) atoms. The van der Waals surface area contributed by atoms with Crippen molar-refractivity contribution in [1.29, 1.82) is 0 Å². The number of primary amides is 1. The largest absolute Gasteiger partial charge is 0.465 e. The van der Waals surface area contributed by atoms with E-state index in [0.717, 1.165) is 37.7 Å². The Morgan fingerprint density at radius 3 is 2.81 bits per heavy atom. The molecular formula is C17H24N4O4S. The maximum atomic E-state index is 12.5. The molecule has 1 atom stereocenters. The van der Waals surface area contributed by atoms with Crippen molar-refractivity contribution in [2.45, 2.75) is 38.1 Å². The van der Waals surface area contributed by atoms with Crippen LogP contribution in [0.5, 0.6) is 0 Å². The summed E-state index contributed by atoms with van der Waals surface area (Å²) in [5.74, 6) is -0.569. The fourth-order valence-electron chi connectivity index (χ4n) is 3.64. The van der Waals surface area contributed by atoms with Crippen LogP contribution in [0.4, 0.5) is 9.80 Å². The lowest BCUT2D eigenvalue weighted by Crippen LogP contribution is -2.41. The molecular weight excluding hydrogens is 356 g/mol. The van der Waals surface area contributed by atoms with Gasteiger partial charge in [-0.2, -0.15) is 0 Å². The zero-order chi connectivity index (χ0) is 18.7. The molecule has 8 nitrogen and oxygen atoms in total. The highest BCUT2D eigenvalue weighted by Crippen LogP contribution is 2.38. The first kappa shape index (κ1) is 18.7. The average Bonchev–Trinajstić information content (AvgIpc) is 3.17. The van der Waals surface area contributed by atoms with E-state index in [1.807, 2.05) is 4.90 Å². The van der Waals surface area contributed by atoms with Crippen LogP contribution in [0.15, 0.2) is 0 Å². The van der Waals surface area contributed by atoms with Gasteiger partial charge in [0.05, 0.1) is 19.2 Å². The second-order valence-corrected chi connectivity index (χ2v) is 7.79. The van der Waals surface area contributed by atoms with Crippen LogP contribution >= 0.6 is 11.3 Å². The third-order valence-electron chi connectivity index (χ3n) is 4.80. The molecule has 0 bridgehead atoms. The maximum absolute atomic E-state index is 12.5. The highest BCUT2D eigenvalue weighted by molar-refractivity contribution is 7.17. The summed E-state index contributed by atoms with van der Waals surface area (Å²) in [6.07, 6.45) is 4.69. The van der Waals surface area contributed by atoms with Gasteiger partial charge in [-0.15, -0.1) is 11.3 Å². The number of hydrogen-bond donors (Lipinski definition) is 3. The van der Waals surface area contributed by atoms with Gasteiger partial charge in [0.2, 0.25) is 5.91 Å². The number of likely N-dealkylation sites (tertiary alicyclic amines) is 1. The van der Waals surface area contributed by atoms with Crippen LogP contribution in [0.2, 0.25) is 0 Å².